The summed E-state index contributed by atoms with van der Waals surface area (Å²) in [5.74, 6) is 0.0629. The molecule has 1 atom stereocenters. The van der Waals surface area contributed by atoms with Gasteiger partial charge in [0.15, 0.2) is 0 Å². The van der Waals surface area contributed by atoms with Gasteiger partial charge in [0.25, 0.3) is 0 Å². The summed E-state index contributed by atoms with van der Waals surface area (Å²) in [7, 11) is 0. The normalized spacial score (nSPS) is 15.9. The number of aliphatic hydroxyl groups is 1. The van der Waals surface area contributed by atoms with E-state index < -0.39 is 12.1 Å². The number of likely N-dealkylation sites (tertiary alicyclic amines) is 1. The van der Waals surface area contributed by atoms with Crippen LogP contribution in [0.25, 0.3) is 0 Å². The Balaban J connectivity index is 1.75. The molecule has 0 unspecified atom stereocenters. The maximum atomic E-state index is 11.7. The van der Waals surface area contributed by atoms with Gasteiger partial charge in [0, 0.05) is 19.5 Å². The number of rotatable bonds is 6. The molecule has 1 aliphatic rings. The van der Waals surface area contributed by atoms with Gasteiger partial charge in [0.1, 0.15) is 6.61 Å². The summed E-state index contributed by atoms with van der Waals surface area (Å²) in [5, 5.41) is 11.9. The number of benzene rings is 1. The van der Waals surface area contributed by atoms with E-state index in [4.69, 9.17) is 4.74 Å². The van der Waals surface area contributed by atoms with Gasteiger partial charge in [0.05, 0.1) is 12.6 Å². The lowest BCUT2D eigenvalue weighted by molar-refractivity contribution is -0.128. The van der Waals surface area contributed by atoms with E-state index in [1.54, 1.807) is 4.90 Å². The second-order valence-electron chi connectivity index (χ2n) is 5.03. The van der Waals surface area contributed by atoms with Gasteiger partial charge in [-0.3, -0.25) is 4.79 Å². The molecule has 21 heavy (non-hydrogen) atoms. The second kappa shape index (κ2) is 7.64. The number of aliphatic hydroxyl groups excluding tert-OH is 1. The van der Waals surface area contributed by atoms with Crippen molar-refractivity contribution in [2.75, 3.05) is 19.7 Å². The van der Waals surface area contributed by atoms with Crippen molar-refractivity contribution in [2.24, 2.45) is 0 Å². The van der Waals surface area contributed by atoms with Gasteiger partial charge in [-0.15, -0.1) is 0 Å². The quantitative estimate of drug-likeness (QED) is 0.816. The average Bonchev–Trinajstić information content (AvgIpc) is 2.90. The monoisotopic (exact) mass is 292 g/mol. The highest BCUT2D eigenvalue weighted by Gasteiger charge is 2.24. The van der Waals surface area contributed by atoms with E-state index in [0.717, 1.165) is 12.0 Å². The lowest BCUT2D eigenvalue weighted by atomic mass is 10.2. The fraction of sp³-hybridized carbons (Fsp3) is 0.467. The zero-order valence-corrected chi connectivity index (χ0v) is 11.8. The van der Waals surface area contributed by atoms with Crippen LogP contribution in [0.4, 0.5) is 4.79 Å². The first-order chi connectivity index (χ1) is 10.2. The van der Waals surface area contributed by atoms with Crippen LogP contribution < -0.4 is 5.32 Å². The lowest BCUT2D eigenvalue weighted by Gasteiger charge is -2.22. The van der Waals surface area contributed by atoms with Crippen molar-refractivity contribution in [1.82, 2.24) is 10.2 Å². The molecule has 1 heterocycles. The van der Waals surface area contributed by atoms with Crippen LogP contribution in [-0.2, 0) is 16.1 Å². The Kier molecular flexibility index (Phi) is 5.57. The van der Waals surface area contributed by atoms with Crippen molar-refractivity contribution in [3.63, 3.8) is 0 Å². The van der Waals surface area contributed by atoms with Gasteiger partial charge in [0.2, 0.25) is 5.91 Å². The Bertz CT molecular complexity index is 478. The number of ether oxygens (including phenoxy) is 1. The van der Waals surface area contributed by atoms with Crippen LogP contribution in [0.15, 0.2) is 30.3 Å². The van der Waals surface area contributed by atoms with Crippen LogP contribution in [0.3, 0.4) is 0 Å². The van der Waals surface area contributed by atoms with Crippen molar-refractivity contribution in [2.45, 2.75) is 25.5 Å². The number of hydrogen-bond donors (Lipinski definition) is 2. The number of nitrogens with zero attached hydrogens (tertiary/aromatic N) is 1. The largest absolute Gasteiger partial charge is 0.445 e. The predicted octanol–water partition coefficient (Wildman–Crippen LogP) is 0.896. The molecule has 6 nitrogen and oxygen atoms in total. The summed E-state index contributed by atoms with van der Waals surface area (Å²) in [5.41, 5.74) is 0.892. The van der Waals surface area contributed by atoms with E-state index in [1.807, 2.05) is 30.3 Å². The summed E-state index contributed by atoms with van der Waals surface area (Å²) in [6.45, 7) is 0.934. The molecule has 2 N–H and O–H groups in total. The van der Waals surface area contributed by atoms with Crippen LogP contribution in [0.1, 0.15) is 18.4 Å². The molecule has 2 rings (SSSR count). The summed E-state index contributed by atoms with van der Waals surface area (Å²) in [6, 6.07) is 8.84. The summed E-state index contributed by atoms with van der Waals surface area (Å²) in [4.78, 5) is 24.9. The van der Waals surface area contributed by atoms with E-state index >= 15 is 0 Å². The first-order valence-corrected chi connectivity index (χ1v) is 7.05. The summed E-state index contributed by atoms with van der Waals surface area (Å²) in [6.07, 6.45) is 0.774. The van der Waals surface area contributed by atoms with Gasteiger partial charge in [-0.25, -0.2) is 4.79 Å². The van der Waals surface area contributed by atoms with Crippen LogP contribution in [-0.4, -0.2) is 47.7 Å². The standard InChI is InChI=1S/C15H20N2O4/c18-10-13(9-17-8-4-7-14(17)19)16-15(20)21-11-12-5-2-1-3-6-12/h1-3,5-6,13,18H,4,7-11H2,(H,16,20)/t13-/m1/s1. The fourth-order valence-corrected chi connectivity index (χ4v) is 2.24. The van der Waals surface area contributed by atoms with Crippen molar-refractivity contribution < 1.29 is 19.4 Å². The molecule has 1 saturated heterocycles. The number of alkyl carbamates (subject to hydrolysis) is 1. The molecule has 2 amide bonds. The molecular weight excluding hydrogens is 272 g/mol. The average molecular weight is 292 g/mol. The minimum absolute atomic E-state index is 0.0629. The van der Waals surface area contributed by atoms with Crippen molar-refractivity contribution in [1.29, 1.82) is 0 Å². The Hall–Kier alpha value is -2.08. The van der Waals surface area contributed by atoms with Crippen molar-refractivity contribution in [3.05, 3.63) is 35.9 Å². The Morgan fingerprint density at radius 1 is 1.38 bits per heavy atom. The van der Waals surface area contributed by atoms with Crippen LogP contribution in [0.5, 0.6) is 0 Å². The fourth-order valence-electron chi connectivity index (χ4n) is 2.24. The van der Waals surface area contributed by atoms with Crippen molar-refractivity contribution >= 4 is 12.0 Å². The van der Waals surface area contributed by atoms with Gasteiger partial charge >= 0.3 is 6.09 Å². The molecule has 0 saturated carbocycles. The number of carbonyl (C=O) groups excluding carboxylic acids is 2. The minimum atomic E-state index is -0.593. The molecule has 114 valence electrons. The molecule has 1 fully saturated rings. The Labute approximate surface area is 123 Å². The van der Waals surface area contributed by atoms with Gasteiger partial charge in [-0.1, -0.05) is 30.3 Å². The minimum Gasteiger partial charge on any atom is -0.445 e. The van der Waals surface area contributed by atoms with Gasteiger partial charge in [-0.05, 0) is 12.0 Å². The lowest BCUT2D eigenvalue weighted by Crippen LogP contribution is -2.46. The number of nitrogens with one attached hydrogen (secondary N) is 1. The zero-order valence-electron chi connectivity index (χ0n) is 11.8. The van der Waals surface area contributed by atoms with Crippen molar-refractivity contribution in [3.8, 4) is 0 Å². The Morgan fingerprint density at radius 3 is 2.76 bits per heavy atom. The number of amides is 2. The molecule has 1 aromatic carbocycles. The van der Waals surface area contributed by atoms with Gasteiger partial charge < -0.3 is 20.1 Å². The number of hydrogen-bond acceptors (Lipinski definition) is 4. The molecular formula is C15H20N2O4. The third kappa shape index (κ3) is 4.75. The molecule has 0 bridgehead atoms. The molecule has 1 aromatic rings. The van der Waals surface area contributed by atoms with E-state index in [0.29, 0.717) is 19.5 Å². The third-order valence-corrected chi connectivity index (χ3v) is 3.37. The maximum absolute atomic E-state index is 11.7. The second-order valence-corrected chi connectivity index (χ2v) is 5.03. The van der Waals surface area contributed by atoms with Crippen LogP contribution in [0.2, 0.25) is 0 Å². The first-order valence-electron chi connectivity index (χ1n) is 7.05. The smallest absolute Gasteiger partial charge is 0.407 e. The van der Waals surface area contributed by atoms with Crippen LogP contribution in [0, 0.1) is 0 Å². The predicted molar refractivity (Wildman–Crippen MR) is 76.5 cm³/mol. The molecule has 0 aromatic heterocycles. The number of carbonyl (C=O) groups is 2. The third-order valence-electron chi connectivity index (χ3n) is 3.37. The summed E-state index contributed by atoms with van der Waals surface area (Å²) >= 11 is 0. The SMILES string of the molecule is O=C(N[C@@H](CO)CN1CCCC1=O)OCc1ccccc1. The first kappa shape index (κ1) is 15.3. The highest BCUT2D eigenvalue weighted by molar-refractivity contribution is 5.78. The topological polar surface area (TPSA) is 78.9 Å². The molecule has 0 aliphatic carbocycles. The molecule has 6 heteroatoms. The van der Waals surface area contributed by atoms with E-state index in [2.05, 4.69) is 5.32 Å². The van der Waals surface area contributed by atoms with E-state index in [1.165, 1.54) is 0 Å². The highest BCUT2D eigenvalue weighted by atomic mass is 16.5. The molecule has 0 spiro atoms. The summed E-state index contributed by atoms with van der Waals surface area (Å²) < 4.78 is 5.09. The van der Waals surface area contributed by atoms with Gasteiger partial charge in [-0.2, -0.15) is 0 Å². The van der Waals surface area contributed by atoms with E-state index in [9.17, 15) is 14.7 Å². The maximum Gasteiger partial charge on any atom is 0.407 e. The van der Waals surface area contributed by atoms with E-state index in [-0.39, 0.29) is 19.1 Å². The molecule has 1 aliphatic heterocycles. The molecule has 0 radical (unpaired) electrons. The Morgan fingerprint density at radius 2 is 2.14 bits per heavy atom. The zero-order chi connectivity index (χ0) is 15.1. The highest BCUT2D eigenvalue weighted by Crippen LogP contribution is 2.10. The van der Waals surface area contributed by atoms with Crippen LogP contribution >= 0.6 is 0 Å².